The Hall–Kier alpha value is -4.08. The second kappa shape index (κ2) is 12.6. The number of hydrogen-bond donors (Lipinski definition) is 0. The van der Waals surface area contributed by atoms with E-state index in [1.54, 1.807) is 45.9 Å². The lowest BCUT2D eigenvalue weighted by atomic mass is 10.2. The van der Waals surface area contributed by atoms with E-state index in [2.05, 4.69) is 96.0 Å². The molecule has 0 saturated carbocycles. The van der Waals surface area contributed by atoms with Gasteiger partial charge in [-0.25, -0.2) is 9.78 Å². The summed E-state index contributed by atoms with van der Waals surface area (Å²) in [6.45, 7) is 7.00. The van der Waals surface area contributed by atoms with Gasteiger partial charge in [0, 0.05) is 0 Å². The summed E-state index contributed by atoms with van der Waals surface area (Å²) in [6.07, 6.45) is 1.39. The number of carbonyl (C=O) groups is 1. The number of carbonyl (C=O) groups excluding carboxylic acids is 1. The van der Waals surface area contributed by atoms with Gasteiger partial charge in [-0.15, -0.1) is 0 Å². The van der Waals surface area contributed by atoms with Gasteiger partial charge in [0.25, 0.3) is 5.56 Å². The first-order valence-electron chi connectivity index (χ1n) is 12.9. The van der Waals surface area contributed by atoms with Gasteiger partial charge >= 0.3 is 5.97 Å². The van der Waals surface area contributed by atoms with E-state index in [1.807, 2.05) is 6.07 Å². The van der Waals surface area contributed by atoms with Crippen LogP contribution in [-0.2, 0) is 9.53 Å². The molecule has 0 aliphatic carbocycles. The molecule has 5 aromatic rings. The molecule has 0 aliphatic rings. The standard InChI is InChI=1S/C18H15P.C15H18N2O3/c1-4-10-16(11-5-1)19(17-12-6-2-7-13-17)18-14-8-3-9-15-18;1-10(14(19)20-15(2,3)4)17-9-16-12-8-6-5-7-11(12)13(17)18/h1-15H;5-10H,1-4H3/t;10-/m.0/s1. The molecule has 0 fully saturated rings. The van der Waals surface area contributed by atoms with Gasteiger partial charge in [-0.05, 0) is 63.7 Å². The minimum Gasteiger partial charge on any atom is -0.458 e. The van der Waals surface area contributed by atoms with Gasteiger partial charge in [-0.3, -0.25) is 9.36 Å². The van der Waals surface area contributed by atoms with E-state index in [0.717, 1.165) is 0 Å². The summed E-state index contributed by atoms with van der Waals surface area (Å²) in [5.41, 5.74) is -0.210. The molecule has 5 rings (SSSR count). The predicted molar refractivity (Wildman–Crippen MR) is 162 cm³/mol. The molecule has 0 amide bonds. The molecule has 39 heavy (non-hydrogen) atoms. The Kier molecular flexibility index (Phi) is 9.06. The van der Waals surface area contributed by atoms with Crippen molar-refractivity contribution >= 4 is 40.7 Å². The number of para-hydroxylation sites is 1. The van der Waals surface area contributed by atoms with Crippen molar-refractivity contribution in [3.8, 4) is 0 Å². The molecule has 4 aromatic carbocycles. The summed E-state index contributed by atoms with van der Waals surface area (Å²) >= 11 is 0. The molecule has 5 nitrogen and oxygen atoms in total. The molecule has 0 saturated heterocycles. The third-order valence-corrected chi connectivity index (χ3v) is 8.34. The third kappa shape index (κ3) is 7.28. The first-order valence-corrected chi connectivity index (χ1v) is 14.2. The monoisotopic (exact) mass is 536 g/mol. The van der Waals surface area contributed by atoms with Crippen LogP contribution in [-0.4, -0.2) is 21.1 Å². The number of aromatic nitrogens is 2. The van der Waals surface area contributed by atoms with E-state index < -0.39 is 25.5 Å². The van der Waals surface area contributed by atoms with Crippen molar-refractivity contribution in [1.82, 2.24) is 9.55 Å². The van der Waals surface area contributed by atoms with Crippen LogP contribution in [0.3, 0.4) is 0 Å². The van der Waals surface area contributed by atoms with Crippen LogP contribution >= 0.6 is 7.92 Å². The number of benzene rings is 4. The molecular weight excluding hydrogens is 503 g/mol. The summed E-state index contributed by atoms with van der Waals surface area (Å²) < 4.78 is 6.60. The fourth-order valence-corrected chi connectivity index (χ4v) is 6.34. The van der Waals surface area contributed by atoms with Crippen LogP contribution in [0.2, 0.25) is 0 Å². The summed E-state index contributed by atoms with van der Waals surface area (Å²) in [6, 6.07) is 38.7. The summed E-state index contributed by atoms with van der Waals surface area (Å²) in [4.78, 5) is 28.6. The first kappa shape index (κ1) is 27.9. The number of fused-ring (bicyclic) bond motifs is 1. The van der Waals surface area contributed by atoms with Crippen LogP contribution in [0.4, 0.5) is 0 Å². The number of esters is 1. The maximum atomic E-state index is 12.4. The second-order valence-corrected chi connectivity index (χ2v) is 12.2. The quantitative estimate of drug-likeness (QED) is 0.212. The molecule has 0 aliphatic heterocycles. The highest BCUT2D eigenvalue weighted by Crippen LogP contribution is 2.32. The fraction of sp³-hybridized carbons (Fsp3) is 0.182. The summed E-state index contributed by atoms with van der Waals surface area (Å²) in [5, 5.41) is 4.69. The number of hydrogen-bond acceptors (Lipinski definition) is 4. The molecule has 6 heteroatoms. The molecule has 0 N–H and O–H groups in total. The molecule has 1 aromatic heterocycles. The zero-order valence-corrected chi connectivity index (χ0v) is 23.6. The third-order valence-electron chi connectivity index (χ3n) is 5.90. The zero-order chi connectivity index (χ0) is 27.8. The van der Waals surface area contributed by atoms with E-state index >= 15 is 0 Å². The smallest absolute Gasteiger partial charge is 0.329 e. The van der Waals surface area contributed by atoms with E-state index in [4.69, 9.17) is 4.74 Å². The van der Waals surface area contributed by atoms with Gasteiger partial charge in [0.05, 0.1) is 17.2 Å². The van der Waals surface area contributed by atoms with Gasteiger partial charge in [-0.2, -0.15) is 0 Å². The lowest BCUT2D eigenvalue weighted by Gasteiger charge is -2.23. The average molecular weight is 537 g/mol. The minimum atomic E-state index is -0.709. The lowest BCUT2D eigenvalue weighted by molar-refractivity contribution is -0.158. The van der Waals surface area contributed by atoms with Crippen LogP contribution in [0.25, 0.3) is 10.9 Å². The normalized spacial score (nSPS) is 11.9. The topological polar surface area (TPSA) is 61.2 Å². The van der Waals surface area contributed by atoms with Crippen LogP contribution in [0.5, 0.6) is 0 Å². The van der Waals surface area contributed by atoms with Crippen molar-refractivity contribution in [1.29, 1.82) is 0 Å². The molecule has 0 spiro atoms. The van der Waals surface area contributed by atoms with Crippen LogP contribution in [0, 0.1) is 0 Å². The van der Waals surface area contributed by atoms with Crippen molar-refractivity contribution in [2.75, 3.05) is 0 Å². The second-order valence-electron chi connectivity index (χ2n) is 10.0. The van der Waals surface area contributed by atoms with Gasteiger partial charge in [-0.1, -0.05) is 103 Å². The Balaban J connectivity index is 0.000000181. The maximum absolute atomic E-state index is 12.4. The lowest BCUT2D eigenvalue weighted by Crippen LogP contribution is -2.33. The van der Waals surface area contributed by atoms with Gasteiger partial charge in [0.2, 0.25) is 0 Å². The van der Waals surface area contributed by atoms with Crippen molar-refractivity contribution in [3.05, 3.63) is 132 Å². The van der Waals surface area contributed by atoms with E-state index in [1.165, 1.54) is 26.8 Å². The number of nitrogens with zero attached hydrogens (tertiary/aromatic N) is 2. The SMILES string of the molecule is C[C@@H](C(=O)OC(C)(C)C)n1cnc2ccccc2c1=O.c1ccc(P(c2ccccc2)c2ccccc2)cc1. The molecule has 0 radical (unpaired) electrons. The van der Waals surface area contributed by atoms with Crippen molar-refractivity contribution in [2.24, 2.45) is 0 Å². The highest BCUT2D eigenvalue weighted by Gasteiger charge is 2.24. The zero-order valence-electron chi connectivity index (χ0n) is 22.7. The largest absolute Gasteiger partial charge is 0.458 e. The molecule has 0 bridgehead atoms. The molecular formula is C33H33N2O3P. The molecule has 198 valence electrons. The molecule has 0 unspecified atom stereocenters. The number of ether oxygens (including phenoxy) is 1. The van der Waals surface area contributed by atoms with Gasteiger partial charge in [0.15, 0.2) is 0 Å². The minimum absolute atomic E-state index is 0.242. The Morgan fingerprint density at radius 1 is 0.744 bits per heavy atom. The molecule has 1 atom stereocenters. The fourth-order valence-electron chi connectivity index (χ4n) is 4.04. The van der Waals surface area contributed by atoms with Crippen LogP contribution in [0.15, 0.2) is 126 Å². The maximum Gasteiger partial charge on any atom is 0.329 e. The molecule has 1 heterocycles. The Morgan fingerprint density at radius 3 is 1.64 bits per heavy atom. The van der Waals surface area contributed by atoms with E-state index in [9.17, 15) is 9.59 Å². The Morgan fingerprint density at radius 2 is 1.18 bits per heavy atom. The first-order chi connectivity index (χ1) is 18.7. The highest BCUT2D eigenvalue weighted by molar-refractivity contribution is 7.79. The Labute approximate surface area is 230 Å². The van der Waals surface area contributed by atoms with Crippen molar-refractivity contribution in [3.63, 3.8) is 0 Å². The van der Waals surface area contributed by atoms with E-state index in [-0.39, 0.29) is 5.56 Å². The van der Waals surface area contributed by atoms with Gasteiger partial charge < -0.3 is 4.74 Å². The average Bonchev–Trinajstić information content (AvgIpc) is 2.94. The summed E-state index contributed by atoms with van der Waals surface area (Å²) in [7, 11) is -0.446. The van der Waals surface area contributed by atoms with Crippen molar-refractivity contribution in [2.45, 2.75) is 39.3 Å². The summed E-state index contributed by atoms with van der Waals surface area (Å²) in [5.74, 6) is -0.448. The number of rotatable bonds is 5. The van der Waals surface area contributed by atoms with Crippen LogP contribution in [0.1, 0.15) is 33.7 Å². The predicted octanol–water partition coefficient (Wildman–Crippen LogP) is 5.74. The van der Waals surface area contributed by atoms with Gasteiger partial charge in [0.1, 0.15) is 11.6 Å². The van der Waals surface area contributed by atoms with Crippen LogP contribution < -0.4 is 21.5 Å². The highest BCUT2D eigenvalue weighted by atomic mass is 31.1. The Bertz CT molecular complexity index is 1470. The van der Waals surface area contributed by atoms with Crippen molar-refractivity contribution < 1.29 is 9.53 Å². The van der Waals surface area contributed by atoms with E-state index in [0.29, 0.717) is 10.9 Å².